The Labute approximate surface area is 69.8 Å². The smallest absolute Gasteiger partial charge is 0.319 e. The van der Waals surface area contributed by atoms with Crippen LogP contribution in [0.3, 0.4) is 0 Å². The van der Waals surface area contributed by atoms with Crippen LogP contribution in [0, 0.1) is 5.41 Å². The lowest BCUT2D eigenvalue weighted by Gasteiger charge is -2.17. The molecule has 1 aliphatic rings. The largest absolute Gasteiger partial charge is 0.395 e. The van der Waals surface area contributed by atoms with Crippen molar-refractivity contribution < 1.29 is 13.2 Å². The Morgan fingerprint density at radius 3 is 1.91 bits per heavy atom. The first kappa shape index (κ1) is 11.0. The lowest BCUT2D eigenvalue weighted by molar-refractivity contribution is -0.185. The molecule has 0 radical (unpaired) electrons. The summed E-state index contributed by atoms with van der Waals surface area (Å²) >= 11 is 0. The van der Waals surface area contributed by atoms with Gasteiger partial charge in [0, 0.05) is 6.54 Å². The summed E-state index contributed by atoms with van der Waals surface area (Å²) in [5.74, 6) is 0. The quantitative estimate of drug-likeness (QED) is 0.701. The standard InChI is InChI=1S/C6H10F3N.ClH/c1-10-4-5(2-3-5)6(7,8)9;/h10H,2-4H2,1H3;1H. The molecule has 0 amide bonds. The second kappa shape index (κ2) is 3.19. The van der Waals surface area contributed by atoms with Crippen molar-refractivity contribution in [3.63, 3.8) is 0 Å². The van der Waals surface area contributed by atoms with Crippen molar-refractivity contribution in [3.8, 4) is 0 Å². The highest BCUT2D eigenvalue weighted by molar-refractivity contribution is 5.85. The first-order valence-corrected chi connectivity index (χ1v) is 3.23. The van der Waals surface area contributed by atoms with Crippen LogP contribution in [0.1, 0.15) is 12.8 Å². The van der Waals surface area contributed by atoms with E-state index in [1.165, 1.54) is 0 Å². The van der Waals surface area contributed by atoms with Crippen LogP contribution >= 0.6 is 12.4 Å². The normalized spacial score (nSPS) is 20.7. The van der Waals surface area contributed by atoms with Crippen LogP contribution in [-0.2, 0) is 0 Å². The van der Waals surface area contributed by atoms with E-state index in [1.54, 1.807) is 7.05 Å². The molecular formula is C6H11ClF3N. The third kappa shape index (κ3) is 1.99. The summed E-state index contributed by atoms with van der Waals surface area (Å²) < 4.78 is 36.1. The molecule has 0 heterocycles. The Morgan fingerprint density at radius 1 is 1.36 bits per heavy atom. The molecule has 1 N–H and O–H groups in total. The minimum atomic E-state index is -4.00. The van der Waals surface area contributed by atoms with E-state index in [0.29, 0.717) is 0 Å². The van der Waals surface area contributed by atoms with Crippen LogP contribution in [0.4, 0.5) is 13.2 Å². The van der Waals surface area contributed by atoms with E-state index in [2.05, 4.69) is 5.32 Å². The summed E-state index contributed by atoms with van der Waals surface area (Å²) in [6.45, 7) is 0.0660. The first-order valence-electron chi connectivity index (χ1n) is 3.23. The first-order chi connectivity index (χ1) is 4.52. The van der Waals surface area contributed by atoms with Crippen molar-refractivity contribution in [2.45, 2.75) is 19.0 Å². The summed E-state index contributed by atoms with van der Waals surface area (Å²) in [6.07, 6.45) is -3.43. The van der Waals surface area contributed by atoms with Crippen LogP contribution in [0.25, 0.3) is 0 Å². The van der Waals surface area contributed by atoms with E-state index in [9.17, 15) is 13.2 Å². The molecule has 0 bridgehead atoms. The maximum absolute atomic E-state index is 12.0. The molecule has 1 aliphatic carbocycles. The molecule has 11 heavy (non-hydrogen) atoms. The van der Waals surface area contributed by atoms with Gasteiger partial charge in [-0.3, -0.25) is 0 Å². The van der Waals surface area contributed by atoms with Crippen LogP contribution in [0.5, 0.6) is 0 Å². The van der Waals surface area contributed by atoms with Gasteiger partial charge in [-0.15, -0.1) is 12.4 Å². The number of nitrogens with one attached hydrogen (secondary N) is 1. The topological polar surface area (TPSA) is 12.0 Å². The van der Waals surface area contributed by atoms with Crippen molar-refractivity contribution in [3.05, 3.63) is 0 Å². The maximum atomic E-state index is 12.0. The molecule has 1 saturated carbocycles. The third-order valence-electron chi connectivity index (χ3n) is 1.97. The molecule has 0 aromatic heterocycles. The molecule has 0 aromatic carbocycles. The number of hydrogen-bond acceptors (Lipinski definition) is 1. The summed E-state index contributed by atoms with van der Waals surface area (Å²) in [5.41, 5.74) is -1.37. The summed E-state index contributed by atoms with van der Waals surface area (Å²) in [6, 6.07) is 0. The fourth-order valence-corrected chi connectivity index (χ4v) is 1.05. The molecule has 0 aromatic rings. The van der Waals surface area contributed by atoms with Gasteiger partial charge in [-0.25, -0.2) is 0 Å². The van der Waals surface area contributed by atoms with Crippen LogP contribution < -0.4 is 5.32 Å². The Bertz CT molecular complexity index is 130. The number of halogens is 4. The summed E-state index contributed by atoms with van der Waals surface area (Å²) in [5, 5.41) is 2.56. The van der Waals surface area contributed by atoms with E-state index >= 15 is 0 Å². The van der Waals surface area contributed by atoms with Gasteiger partial charge in [-0.1, -0.05) is 0 Å². The second-order valence-corrected chi connectivity index (χ2v) is 2.81. The molecule has 0 saturated heterocycles. The summed E-state index contributed by atoms with van der Waals surface area (Å²) in [7, 11) is 1.55. The van der Waals surface area contributed by atoms with Crippen LogP contribution in [-0.4, -0.2) is 19.8 Å². The van der Waals surface area contributed by atoms with E-state index in [4.69, 9.17) is 0 Å². The molecule has 5 heteroatoms. The monoisotopic (exact) mass is 189 g/mol. The molecule has 1 nitrogen and oxygen atoms in total. The predicted octanol–water partition coefficient (Wildman–Crippen LogP) is 1.97. The zero-order chi connectivity index (χ0) is 7.83. The van der Waals surface area contributed by atoms with E-state index < -0.39 is 11.6 Å². The predicted molar refractivity (Wildman–Crippen MR) is 38.9 cm³/mol. The lowest BCUT2D eigenvalue weighted by atomic mass is 10.1. The van der Waals surface area contributed by atoms with Gasteiger partial charge in [0.05, 0.1) is 5.41 Å². The summed E-state index contributed by atoms with van der Waals surface area (Å²) in [4.78, 5) is 0. The SMILES string of the molecule is CNCC1(C(F)(F)F)CC1.Cl. The molecular weight excluding hydrogens is 179 g/mol. The van der Waals surface area contributed by atoms with Crippen molar-refractivity contribution in [1.29, 1.82) is 0 Å². The molecule has 1 fully saturated rings. The van der Waals surface area contributed by atoms with Crippen molar-refractivity contribution in [1.82, 2.24) is 5.32 Å². The molecule has 0 spiro atoms. The number of rotatable bonds is 2. The molecule has 0 unspecified atom stereocenters. The fraction of sp³-hybridized carbons (Fsp3) is 1.00. The Morgan fingerprint density at radius 2 is 1.82 bits per heavy atom. The number of alkyl halides is 3. The number of hydrogen-bond donors (Lipinski definition) is 1. The van der Waals surface area contributed by atoms with Crippen LogP contribution in [0.15, 0.2) is 0 Å². The minimum Gasteiger partial charge on any atom is -0.319 e. The average Bonchev–Trinajstić information content (AvgIpc) is 2.45. The zero-order valence-electron chi connectivity index (χ0n) is 6.16. The highest BCUT2D eigenvalue weighted by Gasteiger charge is 2.62. The van der Waals surface area contributed by atoms with Gasteiger partial charge in [0.1, 0.15) is 0 Å². The average molecular weight is 190 g/mol. The van der Waals surface area contributed by atoms with E-state index in [-0.39, 0.29) is 31.8 Å². The van der Waals surface area contributed by atoms with Crippen molar-refractivity contribution in [2.24, 2.45) is 5.41 Å². The van der Waals surface area contributed by atoms with Crippen LogP contribution in [0.2, 0.25) is 0 Å². The van der Waals surface area contributed by atoms with Gasteiger partial charge < -0.3 is 5.32 Å². The Hall–Kier alpha value is 0.0400. The molecule has 1 rings (SSSR count). The molecule has 68 valence electrons. The lowest BCUT2D eigenvalue weighted by Crippen LogP contribution is -2.33. The third-order valence-corrected chi connectivity index (χ3v) is 1.97. The van der Waals surface area contributed by atoms with Gasteiger partial charge in [0.25, 0.3) is 0 Å². The van der Waals surface area contributed by atoms with Gasteiger partial charge in [-0.05, 0) is 19.9 Å². The Balaban J connectivity index is 0.000001000. The highest BCUT2D eigenvalue weighted by Crippen LogP contribution is 2.56. The van der Waals surface area contributed by atoms with Gasteiger partial charge in [0.15, 0.2) is 0 Å². The van der Waals surface area contributed by atoms with Gasteiger partial charge in [0.2, 0.25) is 0 Å². The zero-order valence-corrected chi connectivity index (χ0v) is 6.98. The maximum Gasteiger partial charge on any atom is 0.395 e. The van der Waals surface area contributed by atoms with E-state index in [0.717, 1.165) is 0 Å². The van der Waals surface area contributed by atoms with Crippen molar-refractivity contribution in [2.75, 3.05) is 13.6 Å². The molecule has 0 atom stereocenters. The fourth-order valence-electron chi connectivity index (χ4n) is 1.05. The Kier molecular flexibility index (Phi) is 3.20. The van der Waals surface area contributed by atoms with Gasteiger partial charge in [-0.2, -0.15) is 13.2 Å². The van der Waals surface area contributed by atoms with Crippen molar-refractivity contribution >= 4 is 12.4 Å². The molecule has 0 aliphatic heterocycles. The second-order valence-electron chi connectivity index (χ2n) is 2.81. The highest BCUT2D eigenvalue weighted by atomic mass is 35.5. The van der Waals surface area contributed by atoms with E-state index in [1.807, 2.05) is 0 Å². The minimum absolute atomic E-state index is 0. The van der Waals surface area contributed by atoms with Gasteiger partial charge >= 0.3 is 6.18 Å².